The molecule has 4 N–H and O–H groups in total. The van der Waals surface area contributed by atoms with E-state index in [2.05, 4.69) is 5.32 Å². The molecule has 12 heteroatoms. The molecular weight excluding hydrogens is 559 g/mol. The molecule has 4 aromatic rings. The first-order valence-electron chi connectivity index (χ1n) is 13.4. The summed E-state index contributed by atoms with van der Waals surface area (Å²) in [5.74, 6) is 5.59. The Balaban J connectivity index is 1.62. The summed E-state index contributed by atoms with van der Waals surface area (Å²) < 4.78 is 40.6. The highest BCUT2D eigenvalue weighted by molar-refractivity contribution is 6.38. The molecule has 0 fully saturated rings. The number of halogens is 3. The maximum Gasteiger partial charge on any atom is 0.416 e. The first-order valence-corrected chi connectivity index (χ1v) is 13.4. The molecule has 2 amide bonds. The van der Waals surface area contributed by atoms with Gasteiger partial charge >= 0.3 is 6.18 Å². The number of aryl methyl sites for hydroxylation is 1. The van der Waals surface area contributed by atoms with Crippen LogP contribution in [0.1, 0.15) is 17.7 Å². The normalized spacial score (nSPS) is 11.2. The average Bonchev–Trinajstić information content (AvgIpc) is 3.43. The fraction of sp³-hybridized carbons (Fsp3) is 0.226. The van der Waals surface area contributed by atoms with Gasteiger partial charge in [0.05, 0.1) is 34.9 Å². The molecule has 0 aliphatic carbocycles. The molecule has 0 aliphatic rings. The molecule has 43 heavy (non-hydrogen) atoms. The van der Waals surface area contributed by atoms with E-state index in [1.165, 1.54) is 22.0 Å². The third kappa shape index (κ3) is 7.46. The van der Waals surface area contributed by atoms with E-state index in [9.17, 15) is 22.8 Å². The largest absolute Gasteiger partial charge is 0.416 e. The van der Waals surface area contributed by atoms with Crippen molar-refractivity contribution in [3.05, 3.63) is 90.1 Å². The Hall–Kier alpha value is -4.97. The number of nitrogens with zero attached hydrogens (tertiary/aromatic N) is 4. The van der Waals surface area contributed by atoms with Crippen LogP contribution in [0.15, 0.2) is 78.9 Å². The summed E-state index contributed by atoms with van der Waals surface area (Å²) >= 11 is 0. The van der Waals surface area contributed by atoms with E-state index in [0.29, 0.717) is 29.1 Å². The van der Waals surface area contributed by atoms with Gasteiger partial charge < -0.3 is 15.2 Å². The van der Waals surface area contributed by atoms with Gasteiger partial charge in [-0.15, -0.1) is 0 Å². The number of anilines is 1. The maximum absolute atomic E-state index is 13.0. The second-order valence-corrected chi connectivity index (χ2v) is 10.1. The van der Waals surface area contributed by atoms with Crippen LogP contribution in [0.4, 0.5) is 18.9 Å². The minimum atomic E-state index is -4.40. The lowest BCUT2D eigenvalue weighted by molar-refractivity contribution is -0.137. The smallest absolute Gasteiger partial charge is 0.359 e. The van der Waals surface area contributed by atoms with Crippen LogP contribution < -0.4 is 16.2 Å². The first kappa shape index (κ1) is 31.0. The van der Waals surface area contributed by atoms with Gasteiger partial charge in [0.15, 0.2) is 0 Å². The van der Waals surface area contributed by atoms with Crippen LogP contribution in [-0.4, -0.2) is 59.9 Å². The molecule has 224 valence electrons. The van der Waals surface area contributed by atoms with Gasteiger partial charge in [-0.3, -0.25) is 15.0 Å². The van der Waals surface area contributed by atoms with Gasteiger partial charge in [-0.25, -0.2) is 10.5 Å². The van der Waals surface area contributed by atoms with E-state index < -0.39 is 17.6 Å². The molecule has 9 nitrogen and oxygen atoms in total. The van der Waals surface area contributed by atoms with Crippen molar-refractivity contribution in [1.29, 1.82) is 5.41 Å². The Kier molecular flexibility index (Phi) is 9.30. The number of hydrazine groups is 1. The zero-order valence-corrected chi connectivity index (χ0v) is 23.9. The van der Waals surface area contributed by atoms with Crippen molar-refractivity contribution >= 4 is 23.2 Å². The number of benzene rings is 3. The van der Waals surface area contributed by atoms with Crippen molar-refractivity contribution < 1.29 is 22.8 Å². The van der Waals surface area contributed by atoms with Crippen molar-refractivity contribution in [2.24, 2.45) is 5.84 Å². The lowest BCUT2D eigenvalue weighted by atomic mass is 10.0. The Morgan fingerprint density at radius 2 is 1.49 bits per heavy atom. The van der Waals surface area contributed by atoms with Gasteiger partial charge in [0.25, 0.3) is 5.91 Å². The standard InChI is InChI=1S/C31H32F3N7O2/c1-37-29(42)17-12-24-18-28(22-6-4-20(5-7-22)21-8-10-23(11-9-21)31(32,33)34)41(38-24)26-15-13-25(14-16-26)40(36)19-27(35)30(43)39(2)3/h4-11,13-16,18,35H,12,17,19,36H2,1-3H3,(H,37,42). The summed E-state index contributed by atoms with van der Waals surface area (Å²) in [6.07, 6.45) is -3.72. The molecule has 0 unspecified atom stereocenters. The molecule has 0 saturated carbocycles. The molecule has 4 rings (SSSR count). The number of carbonyl (C=O) groups excluding carboxylic acids is 2. The van der Waals surface area contributed by atoms with Crippen molar-refractivity contribution in [2.75, 3.05) is 32.7 Å². The van der Waals surface area contributed by atoms with Crippen LogP contribution in [0.2, 0.25) is 0 Å². The summed E-state index contributed by atoms with van der Waals surface area (Å²) in [6.45, 7) is -0.0711. The Morgan fingerprint density at radius 3 is 2.02 bits per heavy atom. The predicted molar refractivity (Wildman–Crippen MR) is 160 cm³/mol. The number of hydrogen-bond acceptors (Lipinski definition) is 6. The van der Waals surface area contributed by atoms with Gasteiger partial charge in [-0.1, -0.05) is 36.4 Å². The van der Waals surface area contributed by atoms with Crippen LogP contribution in [0.25, 0.3) is 28.1 Å². The van der Waals surface area contributed by atoms with Crippen LogP contribution in [0, 0.1) is 5.41 Å². The number of rotatable bonds is 10. The number of amides is 2. The van der Waals surface area contributed by atoms with E-state index in [0.717, 1.165) is 29.0 Å². The third-order valence-electron chi connectivity index (χ3n) is 6.79. The Morgan fingerprint density at radius 1 is 0.930 bits per heavy atom. The van der Waals surface area contributed by atoms with Crippen LogP contribution in [0.5, 0.6) is 0 Å². The lowest BCUT2D eigenvalue weighted by Crippen LogP contribution is -2.42. The summed E-state index contributed by atoms with van der Waals surface area (Å²) in [6, 6.07) is 21.4. The van der Waals surface area contributed by atoms with E-state index in [4.69, 9.17) is 16.4 Å². The van der Waals surface area contributed by atoms with Crippen molar-refractivity contribution in [3.8, 4) is 28.1 Å². The molecule has 0 bridgehead atoms. The number of hydrogen-bond donors (Lipinski definition) is 3. The van der Waals surface area contributed by atoms with Gasteiger partial charge in [-0.2, -0.15) is 18.3 Å². The molecule has 0 radical (unpaired) electrons. The zero-order valence-electron chi connectivity index (χ0n) is 23.9. The van der Waals surface area contributed by atoms with Crippen LogP contribution in [0.3, 0.4) is 0 Å². The fourth-order valence-electron chi connectivity index (χ4n) is 4.39. The van der Waals surface area contributed by atoms with E-state index in [1.807, 2.05) is 42.5 Å². The number of nitrogens with one attached hydrogen (secondary N) is 2. The number of nitrogens with two attached hydrogens (primary N) is 1. The molecular formula is C31H32F3N7O2. The van der Waals surface area contributed by atoms with Gasteiger partial charge in [0.1, 0.15) is 5.71 Å². The number of alkyl halides is 3. The van der Waals surface area contributed by atoms with Gasteiger partial charge in [0, 0.05) is 39.5 Å². The lowest BCUT2D eigenvalue weighted by Gasteiger charge is -2.20. The highest BCUT2D eigenvalue weighted by Crippen LogP contribution is 2.32. The summed E-state index contributed by atoms with van der Waals surface area (Å²) in [4.78, 5) is 25.2. The number of aromatic nitrogens is 2. The van der Waals surface area contributed by atoms with Crippen molar-refractivity contribution in [3.63, 3.8) is 0 Å². The molecule has 3 aromatic carbocycles. The van der Waals surface area contributed by atoms with Crippen molar-refractivity contribution in [2.45, 2.75) is 19.0 Å². The second-order valence-electron chi connectivity index (χ2n) is 10.1. The number of carbonyl (C=O) groups is 2. The quantitative estimate of drug-likeness (QED) is 0.140. The molecule has 0 saturated heterocycles. The highest BCUT2D eigenvalue weighted by atomic mass is 19.4. The van der Waals surface area contributed by atoms with Gasteiger partial charge in [-0.05, 0) is 53.6 Å². The summed E-state index contributed by atoms with van der Waals surface area (Å²) in [5.41, 5.74) is 4.13. The first-order chi connectivity index (χ1) is 20.4. The molecule has 1 heterocycles. The van der Waals surface area contributed by atoms with E-state index in [1.54, 1.807) is 38.0 Å². The summed E-state index contributed by atoms with van der Waals surface area (Å²) in [7, 11) is 4.71. The maximum atomic E-state index is 13.0. The van der Waals surface area contributed by atoms with E-state index in [-0.39, 0.29) is 24.6 Å². The zero-order chi connectivity index (χ0) is 31.3. The summed E-state index contributed by atoms with van der Waals surface area (Å²) in [5, 5.41) is 16.7. The monoisotopic (exact) mass is 591 g/mol. The Bertz CT molecular complexity index is 1590. The van der Waals surface area contributed by atoms with E-state index >= 15 is 0 Å². The minimum absolute atomic E-state index is 0.0711. The third-order valence-corrected chi connectivity index (χ3v) is 6.79. The van der Waals surface area contributed by atoms with Crippen LogP contribution >= 0.6 is 0 Å². The molecule has 0 spiro atoms. The second kappa shape index (κ2) is 12.9. The SMILES string of the molecule is CNC(=O)CCc1cc(-c2ccc(-c3ccc(C(F)(F)F)cc3)cc2)n(-c2ccc(N(N)CC(=N)C(=O)N(C)C)cc2)n1. The van der Waals surface area contributed by atoms with Crippen LogP contribution in [-0.2, 0) is 22.2 Å². The molecule has 0 atom stereocenters. The van der Waals surface area contributed by atoms with Crippen molar-refractivity contribution in [1.82, 2.24) is 20.0 Å². The van der Waals surface area contributed by atoms with Gasteiger partial charge in [0.2, 0.25) is 5.91 Å². The minimum Gasteiger partial charge on any atom is -0.359 e. The molecule has 1 aromatic heterocycles. The predicted octanol–water partition coefficient (Wildman–Crippen LogP) is 4.69. The Labute approximate surface area is 247 Å². The fourth-order valence-corrected chi connectivity index (χ4v) is 4.39. The topological polar surface area (TPSA) is 120 Å². The molecule has 0 aliphatic heterocycles. The average molecular weight is 592 g/mol. The highest BCUT2D eigenvalue weighted by Gasteiger charge is 2.30.